The Morgan fingerprint density at radius 1 is 1.03 bits per heavy atom. The molecule has 0 aliphatic carbocycles. The van der Waals surface area contributed by atoms with Crippen molar-refractivity contribution in [2.45, 2.75) is 38.1 Å². The zero-order chi connectivity index (χ0) is 25.9. The van der Waals surface area contributed by atoms with Crippen molar-refractivity contribution >= 4 is 17.1 Å². The number of benzene rings is 1. The van der Waals surface area contributed by atoms with E-state index in [4.69, 9.17) is 0 Å². The van der Waals surface area contributed by atoms with Crippen molar-refractivity contribution < 1.29 is 26.7 Å². The number of anilines is 1. The lowest BCUT2D eigenvalue weighted by molar-refractivity contribution is -0.147. The van der Waals surface area contributed by atoms with Crippen LogP contribution in [0.1, 0.15) is 46.5 Å². The summed E-state index contributed by atoms with van der Waals surface area (Å²) in [6, 6.07) is 6.62. The largest absolute Gasteiger partial charge is 0.451 e. The molecule has 1 atom stereocenters. The van der Waals surface area contributed by atoms with Crippen LogP contribution in [-0.4, -0.2) is 48.3 Å². The van der Waals surface area contributed by atoms with Crippen molar-refractivity contribution in [3.63, 3.8) is 0 Å². The summed E-state index contributed by atoms with van der Waals surface area (Å²) in [6.07, 6.45) is -0.106. The van der Waals surface area contributed by atoms with E-state index in [0.717, 1.165) is 28.8 Å². The third kappa shape index (κ3) is 3.98. The SMILES string of the molecule is O=C(c1cnn2ccc(N3CCCC3c3cc(F)ccc3F)cc12)N1CCn2c(nnc2C(F)(F)F)C1. The molecule has 37 heavy (non-hydrogen) atoms. The molecule has 1 unspecified atom stereocenters. The molecule has 0 bridgehead atoms. The minimum Gasteiger partial charge on any atom is -0.364 e. The van der Waals surface area contributed by atoms with Crippen molar-refractivity contribution in [3.05, 3.63) is 77.1 Å². The normalized spacial score (nSPS) is 18.0. The molecule has 13 heteroatoms. The van der Waals surface area contributed by atoms with Crippen LogP contribution in [0.5, 0.6) is 0 Å². The summed E-state index contributed by atoms with van der Waals surface area (Å²) < 4.78 is 70.3. The van der Waals surface area contributed by atoms with Crippen LogP contribution in [0.4, 0.5) is 27.6 Å². The number of pyridine rings is 1. The molecule has 1 amide bonds. The molecule has 8 nitrogen and oxygen atoms in total. The maximum atomic E-state index is 14.5. The Balaban J connectivity index is 1.29. The van der Waals surface area contributed by atoms with Gasteiger partial charge >= 0.3 is 6.18 Å². The minimum atomic E-state index is -4.63. The van der Waals surface area contributed by atoms with Crippen LogP contribution in [0.25, 0.3) is 5.52 Å². The Morgan fingerprint density at radius 3 is 2.68 bits per heavy atom. The molecule has 0 saturated carbocycles. The number of aromatic nitrogens is 5. The second-order valence-electron chi connectivity index (χ2n) is 9.11. The van der Waals surface area contributed by atoms with Crippen molar-refractivity contribution in [3.8, 4) is 0 Å². The van der Waals surface area contributed by atoms with Gasteiger partial charge in [-0.15, -0.1) is 10.2 Å². The Kier molecular flexibility index (Phi) is 5.39. The van der Waals surface area contributed by atoms with Gasteiger partial charge in [-0.3, -0.25) is 4.79 Å². The average Bonchev–Trinajstić information content (AvgIpc) is 3.61. The number of carbonyl (C=O) groups excluding carboxylic acids is 1. The number of nitrogens with zero attached hydrogens (tertiary/aromatic N) is 7. The van der Waals surface area contributed by atoms with E-state index in [-0.39, 0.29) is 42.6 Å². The number of hydrogen-bond donors (Lipinski definition) is 0. The van der Waals surface area contributed by atoms with Crippen LogP contribution >= 0.6 is 0 Å². The predicted octanol–water partition coefficient (Wildman–Crippen LogP) is 4.22. The first-order valence-corrected chi connectivity index (χ1v) is 11.7. The highest BCUT2D eigenvalue weighted by Crippen LogP contribution is 2.38. The van der Waals surface area contributed by atoms with Gasteiger partial charge in [0, 0.05) is 37.1 Å². The number of hydrogen-bond acceptors (Lipinski definition) is 5. The molecule has 2 aliphatic heterocycles. The highest BCUT2D eigenvalue weighted by molar-refractivity contribution is 6.01. The van der Waals surface area contributed by atoms with Gasteiger partial charge < -0.3 is 14.4 Å². The minimum absolute atomic E-state index is 0.0526. The summed E-state index contributed by atoms with van der Waals surface area (Å²) >= 11 is 0. The first kappa shape index (κ1) is 23.4. The second kappa shape index (κ2) is 8.53. The van der Waals surface area contributed by atoms with Crippen molar-refractivity contribution in [1.29, 1.82) is 0 Å². The zero-order valence-corrected chi connectivity index (χ0v) is 19.3. The van der Waals surface area contributed by atoms with E-state index < -0.39 is 29.5 Å². The molecule has 5 heterocycles. The van der Waals surface area contributed by atoms with Crippen LogP contribution in [0.2, 0.25) is 0 Å². The van der Waals surface area contributed by atoms with Crippen molar-refractivity contribution in [1.82, 2.24) is 29.3 Å². The molecule has 1 saturated heterocycles. The molecule has 6 rings (SSSR count). The second-order valence-corrected chi connectivity index (χ2v) is 9.11. The third-order valence-corrected chi connectivity index (χ3v) is 6.93. The van der Waals surface area contributed by atoms with Gasteiger partial charge in [-0.2, -0.15) is 18.3 Å². The average molecular weight is 517 g/mol. The molecular weight excluding hydrogens is 497 g/mol. The summed E-state index contributed by atoms with van der Waals surface area (Å²) in [7, 11) is 0. The monoisotopic (exact) mass is 517 g/mol. The van der Waals surface area contributed by atoms with Crippen molar-refractivity contribution in [2.75, 3.05) is 18.0 Å². The fourth-order valence-corrected chi connectivity index (χ4v) is 5.19. The van der Waals surface area contributed by atoms with E-state index in [0.29, 0.717) is 18.5 Å². The van der Waals surface area contributed by atoms with E-state index in [1.807, 2.05) is 4.90 Å². The maximum Gasteiger partial charge on any atom is 0.451 e. The Morgan fingerprint density at radius 2 is 1.86 bits per heavy atom. The summed E-state index contributed by atoms with van der Waals surface area (Å²) in [4.78, 5) is 16.8. The van der Waals surface area contributed by atoms with E-state index in [1.165, 1.54) is 21.7 Å². The van der Waals surface area contributed by atoms with E-state index >= 15 is 0 Å². The Bertz CT molecular complexity index is 1510. The highest BCUT2D eigenvalue weighted by Gasteiger charge is 2.40. The molecule has 192 valence electrons. The summed E-state index contributed by atoms with van der Waals surface area (Å²) in [5, 5.41) is 11.1. The zero-order valence-electron chi connectivity index (χ0n) is 19.3. The number of rotatable bonds is 3. The van der Waals surface area contributed by atoms with Crippen LogP contribution in [0.15, 0.2) is 42.7 Å². The fourth-order valence-electron chi connectivity index (χ4n) is 5.19. The lowest BCUT2D eigenvalue weighted by Crippen LogP contribution is -2.39. The van der Waals surface area contributed by atoms with Gasteiger partial charge in [0.15, 0.2) is 5.82 Å². The van der Waals surface area contributed by atoms with Gasteiger partial charge in [0.25, 0.3) is 5.91 Å². The number of halogens is 5. The summed E-state index contributed by atoms with van der Waals surface area (Å²) in [6.45, 7) is 0.475. The first-order valence-electron chi connectivity index (χ1n) is 11.7. The van der Waals surface area contributed by atoms with Crippen LogP contribution < -0.4 is 4.90 Å². The lowest BCUT2D eigenvalue weighted by Gasteiger charge is -2.28. The molecule has 0 N–H and O–H groups in total. The van der Waals surface area contributed by atoms with E-state index in [9.17, 15) is 26.7 Å². The van der Waals surface area contributed by atoms with Gasteiger partial charge in [-0.1, -0.05) is 0 Å². The Labute approximate surface area is 206 Å². The van der Waals surface area contributed by atoms with Gasteiger partial charge in [-0.05, 0) is 43.2 Å². The highest BCUT2D eigenvalue weighted by atomic mass is 19.4. The van der Waals surface area contributed by atoms with Crippen LogP contribution in [0.3, 0.4) is 0 Å². The van der Waals surface area contributed by atoms with Gasteiger partial charge in [-0.25, -0.2) is 13.3 Å². The first-order chi connectivity index (χ1) is 17.7. The Hall–Kier alpha value is -4.03. The molecule has 3 aromatic heterocycles. The summed E-state index contributed by atoms with van der Waals surface area (Å²) in [5.41, 5.74) is 1.77. The molecule has 4 aromatic rings. The molecule has 1 fully saturated rings. The third-order valence-electron chi connectivity index (χ3n) is 6.93. The smallest absolute Gasteiger partial charge is 0.364 e. The quantitative estimate of drug-likeness (QED) is 0.381. The molecule has 1 aromatic carbocycles. The van der Waals surface area contributed by atoms with Gasteiger partial charge in [0.2, 0.25) is 5.82 Å². The molecular formula is C24H20F5N7O. The fraction of sp³-hybridized carbons (Fsp3) is 0.333. The molecule has 0 radical (unpaired) electrons. The van der Waals surface area contributed by atoms with Gasteiger partial charge in [0.1, 0.15) is 11.6 Å². The summed E-state index contributed by atoms with van der Waals surface area (Å²) in [5.74, 6) is -2.41. The van der Waals surface area contributed by atoms with E-state index in [2.05, 4.69) is 15.3 Å². The number of amides is 1. The topological polar surface area (TPSA) is 71.6 Å². The molecule has 2 aliphatic rings. The van der Waals surface area contributed by atoms with Crippen molar-refractivity contribution in [2.24, 2.45) is 0 Å². The molecule has 0 spiro atoms. The number of fused-ring (bicyclic) bond motifs is 2. The van der Waals surface area contributed by atoms with E-state index in [1.54, 1.807) is 18.3 Å². The lowest BCUT2D eigenvalue weighted by atomic mass is 10.0. The predicted molar refractivity (Wildman–Crippen MR) is 121 cm³/mol. The van der Waals surface area contributed by atoms with Crippen LogP contribution in [0, 0.1) is 11.6 Å². The van der Waals surface area contributed by atoms with Crippen LogP contribution in [-0.2, 0) is 19.3 Å². The number of carbonyl (C=O) groups is 1. The maximum absolute atomic E-state index is 14.5. The standard InChI is InChI=1S/C24H20F5N7O/c25-14-3-4-18(26)16(10-14)19-2-1-6-34(19)15-5-7-36-20(11-15)17(12-30-36)22(37)33-8-9-35-21(13-33)31-32-23(35)24(27,28)29/h3-5,7,10-12,19H,1-2,6,8-9,13H2. The number of alkyl halides is 3. The van der Waals surface area contributed by atoms with Gasteiger partial charge in [0.05, 0.1) is 29.9 Å².